The number of hydrogen-bond donors (Lipinski definition) is 1. The van der Waals surface area contributed by atoms with Crippen molar-refractivity contribution in [2.75, 3.05) is 7.11 Å². The van der Waals surface area contributed by atoms with E-state index in [4.69, 9.17) is 0 Å². The Morgan fingerprint density at radius 2 is 1.88 bits per heavy atom. The second-order valence-corrected chi connectivity index (χ2v) is 6.96. The molecule has 0 spiro atoms. The molecule has 0 amide bonds. The van der Waals surface area contributed by atoms with Gasteiger partial charge in [0.25, 0.3) is 0 Å². The van der Waals surface area contributed by atoms with Crippen LogP contribution in [-0.2, 0) is 9.53 Å². The summed E-state index contributed by atoms with van der Waals surface area (Å²) in [6.45, 7) is 2.23. The number of carbonyl (C=O) groups excluding carboxylic acids is 1. The second-order valence-electron chi connectivity index (χ2n) is 6.96. The third kappa shape index (κ3) is 11.0. The maximum absolute atomic E-state index is 11.0. The first-order chi connectivity index (χ1) is 12.2. The van der Waals surface area contributed by atoms with Crippen molar-refractivity contribution in [3.05, 3.63) is 36.5 Å². The van der Waals surface area contributed by atoms with E-state index in [9.17, 15) is 9.90 Å². The van der Waals surface area contributed by atoms with E-state index in [0.29, 0.717) is 18.3 Å². The number of aliphatic hydroxyl groups excluding tert-OH is 1. The van der Waals surface area contributed by atoms with Gasteiger partial charge in [-0.1, -0.05) is 56.2 Å². The first kappa shape index (κ1) is 21.7. The van der Waals surface area contributed by atoms with Gasteiger partial charge in [0.15, 0.2) is 0 Å². The predicted octanol–water partition coefficient (Wildman–Crippen LogP) is 5.36. The summed E-state index contributed by atoms with van der Waals surface area (Å²) in [7, 11) is 1.42. The maximum atomic E-state index is 11.0. The van der Waals surface area contributed by atoms with E-state index in [1.165, 1.54) is 32.8 Å². The highest BCUT2D eigenvalue weighted by atomic mass is 16.5. The first-order valence-corrected chi connectivity index (χ1v) is 9.90. The molecule has 1 fully saturated rings. The van der Waals surface area contributed by atoms with Crippen molar-refractivity contribution in [2.24, 2.45) is 11.8 Å². The topological polar surface area (TPSA) is 46.5 Å². The Balaban J connectivity index is 2.04. The molecule has 0 aromatic carbocycles. The normalized spacial score (nSPS) is 21.4. The number of hydrogen-bond acceptors (Lipinski definition) is 3. The zero-order valence-electron chi connectivity index (χ0n) is 16.0. The van der Waals surface area contributed by atoms with E-state index in [1.54, 1.807) is 0 Å². The largest absolute Gasteiger partial charge is 0.469 e. The van der Waals surface area contributed by atoms with Crippen LogP contribution in [0.4, 0.5) is 0 Å². The Morgan fingerprint density at radius 1 is 1.12 bits per heavy atom. The summed E-state index contributed by atoms with van der Waals surface area (Å²) in [4.78, 5) is 11.0. The number of unbranched alkanes of at least 4 members (excludes halogenated alkanes) is 4. The van der Waals surface area contributed by atoms with Gasteiger partial charge in [-0.05, 0) is 56.8 Å². The molecule has 0 radical (unpaired) electrons. The van der Waals surface area contributed by atoms with Crippen LogP contribution in [0.3, 0.4) is 0 Å². The summed E-state index contributed by atoms with van der Waals surface area (Å²) < 4.78 is 4.60. The van der Waals surface area contributed by atoms with E-state index in [1.807, 2.05) is 12.2 Å². The van der Waals surface area contributed by atoms with Gasteiger partial charge >= 0.3 is 5.97 Å². The fraction of sp³-hybridized carbons (Fsp3) is 0.682. The average molecular weight is 349 g/mol. The van der Waals surface area contributed by atoms with Gasteiger partial charge in [0.05, 0.1) is 13.2 Å². The number of allylic oxidation sites excluding steroid dienone is 5. The predicted molar refractivity (Wildman–Crippen MR) is 104 cm³/mol. The number of aliphatic hydroxyl groups is 1. The van der Waals surface area contributed by atoms with Crippen LogP contribution in [0.5, 0.6) is 0 Å². The number of esters is 1. The number of methoxy groups -OCH3 is 1. The molecular formula is C22H36O3. The van der Waals surface area contributed by atoms with E-state index in [2.05, 4.69) is 36.0 Å². The Hall–Kier alpha value is -1.35. The Kier molecular flexibility index (Phi) is 12.0. The molecule has 0 aliphatic heterocycles. The molecule has 1 saturated carbocycles. The van der Waals surface area contributed by atoms with Crippen LogP contribution in [0.2, 0.25) is 0 Å². The minimum Gasteiger partial charge on any atom is -0.469 e. The third-order valence-electron chi connectivity index (χ3n) is 4.75. The van der Waals surface area contributed by atoms with Gasteiger partial charge in [0.2, 0.25) is 0 Å². The van der Waals surface area contributed by atoms with Crippen LogP contribution < -0.4 is 0 Å². The van der Waals surface area contributed by atoms with E-state index < -0.39 is 0 Å². The lowest BCUT2D eigenvalue weighted by Crippen LogP contribution is -2.06. The quantitative estimate of drug-likeness (QED) is 0.261. The molecule has 1 aliphatic carbocycles. The van der Waals surface area contributed by atoms with Crippen LogP contribution in [0, 0.1) is 11.8 Å². The molecule has 1 N–H and O–H groups in total. The highest BCUT2D eigenvalue weighted by molar-refractivity contribution is 5.69. The summed E-state index contributed by atoms with van der Waals surface area (Å²) >= 11 is 0. The molecule has 0 heterocycles. The summed E-state index contributed by atoms with van der Waals surface area (Å²) in [6.07, 6.45) is 22.8. The van der Waals surface area contributed by atoms with Gasteiger partial charge in [-0.2, -0.15) is 0 Å². The molecule has 0 aromatic heterocycles. The van der Waals surface area contributed by atoms with Crippen molar-refractivity contribution >= 4 is 5.97 Å². The van der Waals surface area contributed by atoms with Gasteiger partial charge in [-0.15, -0.1) is 0 Å². The molecular weight excluding hydrogens is 312 g/mol. The fourth-order valence-electron chi connectivity index (χ4n) is 2.98. The summed E-state index contributed by atoms with van der Waals surface area (Å²) in [5.74, 6) is 0.961. The van der Waals surface area contributed by atoms with Crippen LogP contribution in [0.25, 0.3) is 0 Å². The minimum absolute atomic E-state index is 0.147. The second kappa shape index (κ2) is 13.9. The standard InChI is InChI=1S/C22H36O3/c1-3-4-5-6-9-12-15-19-18-20(19)21(23)16-13-10-7-8-11-14-17-22(24)25-2/h7-9,12-13,16,19-21,23H,3-6,10-11,14-15,17-18H2,1-2H3/b8-7-,12-9-,16-13-/t19?,20?,21-/m1/s1. The molecule has 1 rings (SSSR count). The van der Waals surface area contributed by atoms with E-state index >= 15 is 0 Å². The van der Waals surface area contributed by atoms with Crippen LogP contribution in [0.15, 0.2) is 36.5 Å². The first-order valence-electron chi connectivity index (χ1n) is 9.90. The average Bonchev–Trinajstić information content (AvgIpc) is 3.39. The Labute approximate surface area is 153 Å². The van der Waals surface area contributed by atoms with Crippen molar-refractivity contribution in [3.8, 4) is 0 Å². The van der Waals surface area contributed by atoms with Crippen LogP contribution >= 0.6 is 0 Å². The number of rotatable bonds is 14. The maximum Gasteiger partial charge on any atom is 0.305 e. The summed E-state index contributed by atoms with van der Waals surface area (Å²) in [6, 6.07) is 0. The van der Waals surface area contributed by atoms with Crippen LogP contribution in [0.1, 0.15) is 71.1 Å². The molecule has 0 saturated heterocycles. The highest BCUT2D eigenvalue weighted by Crippen LogP contribution is 2.44. The molecule has 3 heteroatoms. The van der Waals surface area contributed by atoms with Crippen molar-refractivity contribution in [1.82, 2.24) is 0 Å². The molecule has 25 heavy (non-hydrogen) atoms. The SMILES string of the molecule is CCCCC/C=C\CC1CC1[C@H](O)/C=C\C/C=C\CCCC(=O)OC. The lowest BCUT2D eigenvalue weighted by molar-refractivity contribution is -0.140. The Morgan fingerprint density at radius 3 is 2.64 bits per heavy atom. The summed E-state index contributed by atoms with van der Waals surface area (Å²) in [5.41, 5.74) is 0. The Bertz CT molecular complexity index is 437. The van der Waals surface area contributed by atoms with Crippen LogP contribution in [-0.4, -0.2) is 24.3 Å². The fourth-order valence-corrected chi connectivity index (χ4v) is 2.98. The van der Waals surface area contributed by atoms with E-state index in [-0.39, 0.29) is 12.1 Å². The van der Waals surface area contributed by atoms with Crippen molar-refractivity contribution in [3.63, 3.8) is 0 Å². The van der Waals surface area contributed by atoms with Gasteiger partial charge in [-0.25, -0.2) is 0 Å². The smallest absolute Gasteiger partial charge is 0.305 e. The van der Waals surface area contributed by atoms with Gasteiger partial charge in [-0.3, -0.25) is 4.79 Å². The third-order valence-corrected chi connectivity index (χ3v) is 4.75. The number of ether oxygens (including phenoxy) is 1. The highest BCUT2D eigenvalue weighted by Gasteiger charge is 2.40. The van der Waals surface area contributed by atoms with Gasteiger partial charge < -0.3 is 9.84 Å². The number of carbonyl (C=O) groups is 1. The van der Waals surface area contributed by atoms with Crippen molar-refractivity contribution in [1.29, 1.82) is 0 Å². The van der Waals surface area contributed by atoms with Gasteiger partial charge in [0, 0.05) is 6.42 Å². The lowest BCUT2D eigenvalue weighted by atomic mass is 10.1. The van der Waals surface area contributed by atoms with Crippen molar-refractivity contribution in [2.45, 2.75) is 77.2 Å². The van der Waals surface area contributed by atoms with Crippen molar-refractivity contribution < 1.29 is 14.6 Å². The molecule has 1 aliphatic rings. The molecule has 142 valence electrons. The molecule has 3 atom stereocenters. The minimum atomic E-state index is -0.300. The molecule has 0 bridgehead atoms. The molecule has 2 unspecified atom stereocenters. The zero-order valence-corrected chi connectivity index (χ0v) is 16.0. The summed E-state index contributed by atoms with van der Waals surface area (Å²) in [5, 5.41) is 10.2. The van der Waals surface area contributed by atoms with Gasteiger partial charge in [0.1, 0.15) is 0 Å². The monoisotopic (exact) mass is 348 g/mol. The lowest BCUT2D eigenvalue weighted by Gasteiger charge is -2.03. The zero-order chi connectivity index (χ0) is 18.3. The molecule has 3 nitrogen and oxygen atoms in total. The molecule has 0 aromatic rings. The van der Waals surface area contributed by atoms with E-state index in [0.717, 1.165) is 32.1 Å².